The van der Waals surface area contributed by atoms with Crippen LogP contribution < -0.4 is 5.73 Å². The summed E-state index contributed by atoms with van der Waals surface area (Å²) in [5.41, 5.74) is 5.61. The minimum absolute atomic E-state index is 0.376. The lowest BCUT2D eigenvalue weighted by atomic mass is 9.87. The largest absolute Gasteiger partial charge is 0.392 e. The maximum absolute atomic E-state index is 12.6. The Bertz CT molecular complexity index is 444. The fourth-order valence-corrected chi connectivity index (χ4v) is 4.80. The fourth-order valence-electron chi connectivity index (χ4n) is 4.80. The van der Waals surface area contributed by atoms with Crippen molar-refractivity contribution in [2.24, 2.45) is 11.7 Å². The molecule has 0 aromatic heterocycles. The maximum Gasteiger partial charge on any atom is 0.170 e. The molecule has 0 amide bonds. The van der Waals surface area contributed by atoms with Gasteiger partial charge in [-0.1, -0.05) is 142 Å². The van der Waals surface area contributed by atoms with Crippen LogP contribution in [0.3, 0.4) is 0 Å². The molecule has 5 heteroatoms. The molecule has 0 aliphatic heterocycles. The third-order valence-corrected chi connectivity index (χ3v) is 7.12. The first kappa shape index (κ1) is 33.5. The second-order valence-electron chi connectivity index (χ2n) is 10.4. The molecule has 0 aliphatic carbocycles. The molecule has 0 heterocycles. The van der Waals surface area contributed by atoms with Gasteiger partial charge in [-0.2, -0.15) is 0 Å². The molecule has 34 heavy (non-hydrogen) atoms. The molecule has 5 nitrogen and oxygen atoms in total. The first-order valence-corrected chi connectivity index (χ1v) is 14.8. The van der Waals surface area contributed by atoms with Gasteiger partial charge < -0.3 is 21.1 Å². The van der Waals surface area contributed by atoms with Crippen LogP contribution >= 0.6 is 0 Å². The third-order valence-electron chi connectivity index (χ3n) is 7.12. The number of hydrogen-bond donors (Lipinski definition) is 4. The zero-order valence-electron chi connectivity index (χ0n) is 22.7. The third kappa shape index (κ3) is 18.8. The highest BCUT2D eigenvalue weighted by Crippen LogP contribution is 2.20. The Morgan fingerprint density at radius 2 is 0.882 bits per heavy atom. The highest BCUT2D eigenvalue weighted by atomic mass is 16.3. The van der Waals surface area contributed by atoms with E-state index in [4.69, 9.17) is 5.73 Å². The van der Waals surface area contributed by atoms with Gasteiger partial charge in [0.15, 0.2) is 5.78 Å². The summed E-state index contributed by atoms with van der Waals surface area (Å²) in [4.78, 5) is 12.6. The summed E-state index contributed by atoms with van der Waals surface area (Å²) < 4.78 is 0. The monoisotopic (exact) mass is 485 g/mol. The van der Waals surface area contributed by atoms with Crippen LogP contribution in [0, 0.1) is 5.92 Å². The van der Waals surface area contributed by atoms with E-state index in [2.05, 4.69) is 13.8 Å². The maximum atomic E-state index is 12.6. The van der Waals surface area contributed by atoms with Crippen LogP contribution in [-0.4, -0.2) is 39.5 Å². The van der Waals surface area contributed by atoms with E-state index in [1.54, 1.807) is 0 Å². The second-order valence-corrected chi connectivity index (χ2v) is 10.4. The van der Waals surface area contributed by atoms with Gasteiger partial charge in [0.1, 0.15) is 12.3 Å². The van der Waals surface area contributed by atoms with Crippen molar-refractivity contribution in [1.29, 1.82) is 0 Å². The van der Waals surface area contributed by atoms with E-state index in [1.807, 2.05) is 0 Å². The summed E-state index contributed by atoms with van der Waals surface area (Å²) >= 11 is 0. The minimum atomic E-state index is -1.44. The molecule has 204 valence electrons. The van der Waals surface area contributed by atoms with Crippen molar-refractivity contribution in [2.45, 2.75) is 174 Å². The summed E-state index contributed by atoms with van der Waals surface area (Å²) in [6, 6.07) is 0. The lowest BCUT2D eigenvalue weighted by Crippen LogP contribution is -2.47. The van der Waals surface area contributed by atoms with E-state index in [-0.39, 0.29) is 0 Å². The van der Waals surface area contributed by atoms with Gasteiger partial charge in [-0.25, -0.2) is 0 Å². The fraction of sp³-hybridized carbons (Fsp3) is 0.966. The smallest absolute Gasteiger partial charge is 0.170 e. The Kier molecular flexibility index (Phi) is 23.9. The predicted molar refractivity (Wildman–Crippen MR) is 144 cm³/mol. The van der Waals surface area contributed by atoms with Crippen LogP contribution in [0.1, 0.15) is 155 Å². The van der Waals surface area contributed by atoms with Crippen LogP contribution in [0.15, 0.2) is 0 Å². The Balaban J connectivity index is 3.91. The normalized spacial score (nSPS) is 15.2. The molecule has 0 saturated carbocycles. The molecular formula is C29H59NO4. The molecule has 2 unspecified atom stereocenters. The van der Waals surface area contributed by atoms with E-state index >= 15 is 0 Å². The van der Waals surface area contributed by atoms with Gasteiger partial charge in [-0.05, 0) is 12.8 Å². The molecule has 0 saturated heterocycles. The van der Waals surface area contributed by atoms with Crippen molar-refractivity contribution < 1.29 is 20.1 Å². The summed E-state index contributed by atoms with van der Waals surface area (Å²) in [6.07, 6.45) is 21.3. The minimum Gasteiger partial charge on any atom is -0.392 e. The molecule has 5 N–H and O–H groups in total. The topological polar surface area (TPSA) is 104 Å². The van der Waals surface area contributed by atoms with Gasteiger partial charge in [0.05, 0.1) is 12.0 Å². The van der Waals surface area contributed by atoms with Crippen molar-refractivity contribution in [3.05, 3.63) is 0 Å². The SMILES string of the molecule is CCCCCCCCCCCCCCC[C@@H](O)[C@H](C(=O)C(O)CCCCCCCCC)C(N)O. The summed E-state index contributed by atoms with van der Waals surface area (Å²) in [5.74, 6) is -1.61. The van der Waals surface area contributed by atoms with Crippen LogP contribution in [0.5, 0.6) is 0 Å². The van der Waals surface area contributed by atoms with Crippen molar-refractivity contribution >= 4 is 5.78 Å². The predicted octanol–water partition coefficient (Wildman–Crippen LogP) is 6.79. The van der Waals surface area contributed by atoms with Crippen molar-refractivity contribution in [2.75, 3.05) is 0 Å². The second kappa shape index (κ2) is 24.2. The number of nitrogens with two attached hydrogens (primary N) is 1. The number of rotatable bonds is 26. The molecule has 0 aromatic rings. The van der Waals surface area contributed by atoms with Gasteiger partial charge in [0, 0.05) is 0 Å². The first-order valence-electron chi connectivity index (χ1n) is 14.8. The number of hydrogen-bond acceptors (Lipinski definition) is 5. The molecule has 0 rings (SSSR count). The van der Waals surface area contributed by atoms with E-state index in [9.17, 15) is 20.1 Å². The van der Waals surface area contributed by atoms with E-state index in [0.29, 0.717) is 12.8 Å². The Labute approximate surface area is 211 Å². The van der Waals surface area contributed by atoms with Gasteiger partial charge in [0.2, 0.25) is 0 Å². The van der Waals surface area contributed by atoms with Crippen LogP contribution in [-0.2, 0) is 4.79 Å². The van der Waals surface area contributed by atoms with Gasteiger partial charge >= 0.3 is 0 Å². The average molecular weight is 486 g/mol. The highest BCUT2D eigenvalue weighted by Gasteiger charge is 2.34. The summed E-state index contributed by atoms with van der Waals surface area (Å²) in [7, 11) is 0. The van der Waals surface area contributed by atoms with Crippen LogP contribution in [0.4, 0.5) is 0 Å². The van der Waals surface area contributed by atoms with Crippen molar-refractivity contribution in [1.82, 2.24) is 0 Å². The quantitative estimate of drug-likeness (QED) is 0.0797. The molecule has 4 atom stereocenters. The first-order chi connectivity index (χ1) is 16.5. The Hall–Kier alpha value is -0.490. The van der Waals surface area contributed by atoms with Gasteiger partial charge in [0.25, 0.3) is 0 Å². The number of ketones is 1. The van der Waals surface area contributed by atoms with E-state index in [1.165, 1.54) is 89.9 Å². The molecule has 0 spiro atoms. The van der Waals surface area contributed by atoms with Crippen molar-refractivity contribution in [3.8, 4) is 0 Å². The summed E-state index contributed by atoms with van der Waals surface area (Å²) in [5, 5.41) is 30.7. The number of aliphatic hydroxyl groups excluding tert-OH is 3. The Morgan fingerprint density at radius 3 is 1.24 bits per heavy atom. The average Bonchev–Trinajstić information content (AvgIpc) is 2.81. The van der Waals surface area contributed by atoms with Crippen LogP contribution in [0.25, 0.3) is 0 Å². The lowest BCUT2D eigenvalue weighted by molar-refractivity contribution is -0.140. The Morgan fingerprint density at radius 1 is 0.559 bits per heavy atom. The molecule has 0 aliphatic rings. The van der Waals surface area contributed by atoms with E-state index in [0.717, 1.165) is 38.5 Å². The highest BCUT2D eigenvalue weighted by molar-refractivity contribution is 5.86. The number of Topliss-reactive ketones (excluding diaryl/α,β-unsaturated/α-hetero) is 1. The molecule has 0 radical (unpaired) electrons. The zero-order chi connectivity index (χ0) is 25.4. The van der Waals surface area contributed by atoms with E-state index < -0.39 is 30.1 Å². The molecule has 0 bridgehead atoms. The van der Waals surface area contributed by atoms with Gasteiger partial charge in [-0.15, -0.1) is 0 Å². The number of aliphatic hydroxyl groups is 3. The zero-order valence-corrected chi connectivity index (χ0v) is 22.7. The molecule has 0 aromatic carbocycles. The standard InChI is InChI=1S/C29H59NO4/c1-3-5-7-9-11-12-13-14-15-16-18-19-21-23-25(31)27(29(30)34)28(33)26(32)24-22-20-17-10-8-6-4-2/h25-27,29,31-32,34H,3-24,30H2,1-2H3/t25-,26?,27-,29?/m1/s1. The summed E-state index contributed by atoms with van der Waals surface area (Å²) in [6.45, 7) is 4.45. The molecular weight excluding hydrogens is 426 g/mol. The number of unbranched alkanes of at least 4 members (excludes halogenated alkanes) is 18. The number of carbonyl (C=O) groups is 1. The van der Waals surface area contributed by atoms with Gasteiger partial charge in [-0.3, -0.25) is 4.79 Å². The lowest BCUT2D eigenvalue weighted by Gasteiger charge is -2.26. The van der Waals surface area contributed by atoms with Crippen LogP contribution in [0.2, 0.25) is 0 Å². The van der Waals surface area contributed by atoms with Crippen molar-refractivity contribution in [3.63, 3.8) is 0 Å². The molecule has 0 fully saturated rings. The number of carbonyl (C=O) groups excluding carboxylic acids is 1.